The van der Waals surface area contributed by atoms with Crippen LogP contribution >= 0.6 is 9.24 Å². The summed E-state index contributed by atoms with van der Waals surface area (Å²) < 4.78 is 0. The van der Waals surface area contributed by atoms with Crippen molar-refractivity contribution in [3.8, 4) is 0 Å². The third-order valence-corrected chi connectivity index (χ3v) is 5.47. The minimum Gasteiger partial charge on any atom is -0.138 e. The monoisotopic (exact) mass is 342 g/mol. The Hall–Kier alpha value is 0.430. The Morgan fingerprint density at radius 3 is 0.783 bits per heavy atom. The number of rotatable bonds is 20. The lowest BCUT2D eigenvalue weighted by Crippen LogP contribution is -1.84. The topological polar surface area (TPSA) is 0 Å². The first-order valence-electron chi connectivity index (χ1n) is 11.1. The SMILES string of the molecule is CCCCCCCCCCCCCCCCCCCCCCP. The summed E-state index contributed by atoms with van der Waals surface area (Å²) in [5.74, 6) is 0. The molecule has 0 aromatic rings. The minimum atomic E-state index is 1.29. The van der Waals surface area contributed by atoms with E-state index in [0.717, 1.165) is 0 Å². The molecule has 1 heteroatoms. The summed E-state index contributed by atoms with van der Waals surface area (Å²) in [4.78, 5) is 0. The summed E-state index contributed by atoms with van der Waals surface area (Å²) in [5.41, 5.74) is 0. The molecule has 0 fully saturated rings. The van der Waals surface area contributed by atoms with E-state index in [4.69, 9.17) is 0 Å². The fourth-order valence-electron chi connectivity index (χ4n) is 3.40. The predicted molar refractivity (Wildman–Crippen MR) is 113 cm³/mol. The molecule has 0 spiro atoms. The first-order chi connectivity index (χ1) is 11.4. The molecule has 1 unspecified atom stereocenters. The molecule has 140 valence electrons. The third-order valence-electron chi connectivity index (χ3n) is 5.06. The van der Waals surface area contributed by atoms with Gasteiger partial charge in [-0.3, -0.25) is 0 Å². The van der Waals surface area contributed by atoms with Crippen molar-refractivity contribution < 1.29 is 0 Å². The second-order valence-electron chi connectivity index (χ2n) is 7.51. The Morgan fingerprint density at radius 1 is 0.348 bits per heavy atom. The Bertz CT molecular complexity index is 170. The zero-order valence-corrected chi connectivity index (χ0v) is 17.6. The average Bonchev–Trinajstić information content (AvgIpc) is 2.57. The molecule has 0 radical (unpaired) electrons. The van der Waals surface area contributed by atoms with Gasteiger partial charge in [-0.1, -0.05) is 129 Å². The highest BCUT2D eigenvalue weighted by Crippen LogP contribution is 2.14. The van der Waals surface area contributed by atoms with Gasteiger partial charge in [0.05, 0.1) is 0 Å². The minimum absolute atomic E-state index is 1.29. The second kappa shape index (κ2) is 22.4. The maximum Gasteiger partial charge on any atom is -0.0381 e. The van der Waals surface area contributed by atoms with E-state index in [2.05, 4.69) is 16.2 Å². The molecule has 0 aromatic carbocycles. The molecule has 0 saturated carbocycles. The van der Waals surface area contributed by atoms with Gasteiger partial charge >= 0.3 is 0 Å². The van der Waals surface area contributed by atoms with E-state index in [9.17, 15) is 0 Å². The van der Waals surface area contributed by atoms with E-state index in [-0.39, 0.29) is 0 Å². The highest BCUT2D eigenvalue weighted by molar-refractivity contribution is 7.16. The normalized spacial score (nSPS) is 11.2. The van der Waals surface area contributed by atoms with E-state index in [1.54, 1.807) is 0 Å². The van der Waals surface area contributed by atoms with Crippen LogP contribution in [0.15, 0.2) is 0 Å². The molecule has 0 amide bonds. The van der Waals surface area contributed by atoms with Gasteiger partial charge in [0.15, 0.2) is 0 Å². The molecule has 0 heterocycles. The van der Waals surface area contributed by atoms with Crippen molar-refractivity contribution in [3.05, 3.63) is 0 Å². The number of unbranched alkanes of at least 4 members (excludes halogenated alkanes) is 19. The Morgan fingerprint density at radius 2 is 0.565 bits per heavy atom. The number of hydrogen-bond acceptors (Lipinski definition) is 0. The van der Waals surface area contributed by atoms with Crippen LogP contribution < -0.4 is 0 Å². The zero-order valence-electron chi connectivity index (χ0n) is 16.4. The summed E-state index contributed by atoms with van der Waals surface area (Å²) in [6.45, 7) is 2.30. The van der Waals surface area contributed by atoms with Crippen LogP contribution in [-0.2, 0) is 0 Å². The molecule has 23 heavy (non-hydrogen) atoms. The van der Waals surface area contributed by atoms with Crippen molar-refractivity contribution in [1.29, 1.82) is 0 Å². The molecule has 1 atom stereocenters. The molecule has 0 aliphatic rings. The van der Waals surface area contributed by atoms with Gasteiger partial charge in [0.25, 0.3) is 0 Å². The number of hydrogen-bond donors (Lipinski definition) is 0. The van der Waals surface area contributed by atoms with Crippen molar-refractivity contribution in [2.24, 2.45) is 0 Å². The van der Waals surface area contributed by atoms with Crippen LogP contribution in [0, 0.1) is 0 Å². The first-order valence-corrected chi connectivity index (χ1v) is 11.9. The van der Waals surface area contributed by atoms with E-state index in [0.29, 0.717) is 0 Å². The van der Waals surface area contributed by atoms with Gasteiger partial charge in [0.2, 0.25) is 0 Å². The van der Waals surface area contributed by atoms with E-state index in [1.165, 1.54) is 135 Å². The van der Waals surface area contributed by atoms with E-state index < -0.39 is 0 Å². The fraction of sp³-hybridized carbons (Fsp3) is 1.00. The highest BCUT2D eigenvalue weighted by atomic mass is 31.0. The van der Waals surface area contributed by atoms with Crippen molar-refractivity contribution in [2.75, 3.05) is 6.16 Å². The van der Waals surface area contributed by atoms with Crippen LogP contribution in [-0.4, -0.2) is 6.16 Å². The van der Waals surface area contributed by atoms with Crippen LogP contribution in [0.3, 0.4) is 0 Å². The molecule has 0 aliphatic heterocycles. The highest BCUT2D eigenvalue weighted by Gasteiger charge is 1.95. The van der Waals surface area contributed by atoms with E-state index in [1.807, 2.05) is 0 Å². The molecule has 0 aromatic heterocycles. The molecule has 0 N–H and O–H groups in total. The molecular formula is C22H47P. The lowest BCUT2D eigenvalue weighted by Gasteiger charge is -2.04. The summed E-state index contributed by atoms with van der Waals surface area (Å²) >= 11 is 0. The van der Waals surface area contributed by atoms with Crippen molar-refractivity contribution in [3.63, 3.8) is 0 Å². The van der Waals surface area contributed by atoms with Crippen molar-refractivity contribution >= 4 is 9.24 Å². The lowest BCUT2D eigenvalue weighted by molar-refractivity contribution is 0.523. The lowest BCUT2D eigenvalue weighted by atomic mass is 10.0. The Balaban J connectivity index is 2.92. The molecule has 0 bridgehead atoms. The molecule has 0 saturated heterocycles. The van der Waals surface area contributed by atoms with Crippen molar-refractivity contribution in [2.45, 2.75) is 135 Å². The summed E-state index contributed by atoms with van der Waals surface area (Å²) in [6, 6.07) is 0. The first kappa shape index (κ1) is 23.4. The maximum absolute atomic E-state index is 2.83. The molecule has 0 aliphatic carbocycles. The van der Waals surface area contributed by atoms with Crippen LogP contribution in [0.2, 0.25) is 0 Å². The molecule has 0 nitrogen and oxygen atoms in total. The standard InChI is InChI=1S/C22H47P/c1-2-3-4-5-6-7-8-9-10-11-12-13-14-15-16-17-18-19-20-21-22-23/h2-23H2,1H3. The third kappa shape index (κ3) is 22.4. The molecular weight excluding hydrogens is 295 g/mol. The smallest absolute Gasteiger partial charge is 0.0381 e. The average molecular weight is 343 g/mol. The van der Waals surface area contributed by atoms with E-state index >= 15 is 0 Å². The largest absolute Gasteiger partial charge is 0.138 e. The quantitative estimate of drug-likeness (QED) is 0.153. The summed E-state index contributed by atoms with van der Waals surface area (Å²) in [7, 11) is 2.83. The zero-order chi connectivity index (χ0) is 16.8. The summed E-state index contributed by atoms with van der Waals surface area (Å²) in [6.07, 6.45) is 30.7. The van der Waals surface area contributed by atoms with Gasteiger partial charge in [-0.05, 0) is 12.6 Å². The van der Waals surface area contributed by atoms with Crippen LogP contribution in [0.1, 0.15) is 135 Å². The van der Waals surface area contributed by atoms with Gasteiger partial charge in [0.1, 0.15) is 0 Å². The van der Waals surface area contributed by atoms with Crippen LogP contribution in [0.4, 0.5) is 0 Å². The van der Waals surface area contributed by atoms with Gasteiger partial charge in [-0.25, -0.2) is 0 Å². The summed E-state index contributed by atoms with van der Waals surface area (Å²) in [5, 5.41) is 0. The van der Waals surface area contributed by atoms with Gasteiger partial charge in [-0.2, -0.15) is 0 Å². The van der Waals surface area contributed by atoms with Crippen LogP contribution in [0.5, 0.6) is 0 Å². The predicted octanol–water partition coefficient (Wildman–Crippen LogP) is 8.68. The Kier molecular flexibility index (Phi) is 22.8. The van der Waals surface area contributed by atoms with Gasteiger partial charge < -0.3 is 0 Å². The van der Waals surface area contributed by atoms with Crippen molar-refractivity contribution in [1.82, 2.24) is 0 Å². The van der Waals surface area contributed by atoms with Gasteiger partial charge in [-0.15, -0.1) is 9.24 Å². The fourth-order valence-corrected chi connectivity index (χ4v) is 3.69. The second-order valence-corrected chi connectivity index (χ2v) is 8.08. The molecule has 0 rings (SSSR count). The van der Waals surface area contributed by atoms with Crippen LogP contribution in [0.25, 0.3) is 0 Å². The Labute approximate surface area is 151 Å². The van der Waals surface area contributed by atoms with Gasteiger partial charge in [0, 0.05) is 0 Å². The maximum atomic E-state index is 2.83.